The average molecular weight is 324 g/mol. The van der Waals surface area contributed by atoms with Crippen LogP contribution in [0.15, 0.2) is 57.1 Å². The number of hydrogen-bond donors (Lipinski definition) is 1. The summed E-state index contributed by atoms with van der Waals surface area (Å²) in [7, 11) is 1.65. The number of aromatic amines is 1. The molecule has 0 fully saturated rings. The first-order chi connectivity index (χ1) is 11.2. The molecular formula is C17H12N2O3S. The maximum atomic E-state index is 11.2. The Balaban J connectivity index is 1.74. The van der Waals surface area contributed by atoms with Crippen LogP contribution >= 0.6 is 11.3 Å². The third-order valence-corrected chi connectivity index (χ3v) is 4.43. The fraction of sp³-hybridized carbons (Fsp3) is 0.0588. The Morgan fingerprint density at radius 2 is 2.09 bits per heavy atom. The number of methoxy groups -OCH3 is 1. The Morgan fingerprint density at radius 3 is 2.96 bits per heavy atom. The van der Waals surface area contributed by atoms with Crippen molar-refractivity contribution in [1.82, 2.24) is 9.97 Å². The van der Waals surface area contributed by atoms with Crippen molar-refractivity contribution in [3.8, 4) is 27.6 Å². The molecule has 0 saturated heterocycles. The molecule has 5 nitrogen and oxygen atoms in total. The maximum Gasteiger partial charge on any atom is 0.417 e. The lowest BCUT2D eigenvalue weighted by Gasteiger charge is -2.01. The number of hydrogen-bond acceptors (Lipinski definition) is 5. The molecule has 23 heavy (non-hydrogen) atoms. The average Bonchev–Trinajstić information content (AvgIpc) is 3.19. The summed E-state index contributed by atoms with van der Waals surface area (Å²) in [6.07, 6.45) is 0. The van der Waals surface area contributed by atoms with Gasteiger partial charge in [-0.1, -0.05) is 18.2 Å². The Labute approximate surface area is 135 Å². The van der Waals surface area contributed by atoms with Gasteiger partial charge in [0.25, 0.3) is 0 Å². The standard InChI is InChI=1S/C17H12N2O3S/c1-21-12-4-2-3-11(7-12)16-18-14(9-23-16)10-5-6-13-15(8-10)22-17(20)19-13/h2-9H,1H3,(H,19,20). The molecule has 0 unspecified atom stereocenters. The Morgan fingerprint density at radius 1 is 1.17 bits per heavy atom. The minimum Gasteiger partial charge on any atom is -0.497 e. The lowest BCUT2D eigenvalue weighted by Crippen LogP contribution is -1.92. The van der Waals surface area contributed by atoms with Gasteiger partial charge in [0.15, 0.2) is 5.58 Å². The van der Waals surface area contributed by atoms with Gasteiger partial charge in [0, 0.05) is 16.5 Å². The van der Waals surface area contributed by atoms with Crippen LogP contribution in [0.1, 0.15) is 0 Å². The van der Waals surface area contributed by atoms with Crippen LogP contribution in [-0.4, -0.2) is 17.1 Å². The summed E-state index contributed by atoms with van der Waals surface area (Å²) in [6.45, 7) is 0. The fourth-order valence-electron chi connectivity index (χ4n) is 2.40. The smallest absolute Gasteiger partial charge is 0.417 e. The highest BCUT2D eigenvalue weighted by Crippen LogP contribution is 2.31. The van der Waals surface area contributed by atoms with Crippen LogP contribution in [0.4, 0.5) is 0 Å². The van der Waals surface area contributed by atoms with Crippen LogP contribution < -0.4 is 10.5 Å². The van der Waals surface area contributed by atoms with Gasteiger partial charge in [0.1, 0.15) is 10.8 Å². The first kappa shape index (κ1) is 13.8. The van der Waals surface area contributed by atoms with E-state index in [4.69, 9.17) is 9.15 Å². The quantitative estimate of drug-likeness (QED) is 0.620. The summed E-state index contributed by atoms with van der Waals surface area (Å²) in [6, 6.07) is 13.3. The van der Waals surface area contributed by atoms with E-state index in [0.717, 1.165) is 27.6 Å². The third-order valence-electron chi connectivity index (χ3n) is 3.54. The van der Waals surface area contributed by atoms with Crippen LogP contribution in [0.2, 0.25) is 0 Å². The second kappa shape index (κ2) is 5.40. The molecule has 0 spiro atoms. The largest absolute Gasteiger partial charge is 0.497 e. The molecule has 4 rings (SSSR count). The van der Waals surface area contributed by atoms with Crippen LogP contribution in [0.5, 0.6) is 5.75 Å². The predicted octanol–water partition coefficient (Wildman–Crippen LogP) is 3.92. The molecule has 0 atom stereocenters. The van der Waals surface area contributed by atoms with Gasteiger partial charge in [-0.3, -0.25) is 4.98 Å². The SMILES string of the molecule is COc1cccc(-c2nc(-c3ccc4[nH]c(=O)oc4c3)cs2)c1. The number of rotatable bonds is 3. The lowest BCUT2D eigenvalue weighted by molar-refractivity contribution is 0.415. The summed E-state index contributed by atoms with van der Waals surface area (Å²) in [5, 5.41) is 2.90. The van der Waals surface area contributed by atoms with Gasteiger partial charge < -0.3 is 9.15 Å². The molecular weight excluding hydrogens is 312 g/mol. The predicted molar refractivity (Wildman–Crippen MR) is 89.9 cm³/mol. The van der Waals surface area contributed by atoms with Crippen LogP contribution in [0.3, 0.4) is 0 Å². The van der Waals surface area contributed by atoms with Gasteiger partial charge in [-0.15, -0.1) is 11.3 Å². The Kier molecular flexibility index (Phi) is 3.24. The van der Waals surface area contributed by atoms with E-state index in [2.05, 4.69) is 9.97 Å². The number of nitrogens with one attached hydrogen (secondary N) is 1. The summed E-state index contributed by atoms with van der Waals surface area (Å²) in [5.41, 5.74) is 3.98. The van der Waals surface area contributed by atoms with E-state index in [-0.39, 0.29) is 0 Å². The van der Waals surface area contributed by atoms with Gasteiger partial charge in [-0.2, -0.15) is 0 Å². The van der Waals surface area contributed by atoms with Crippen molar-refractivity contribution in [2.75, 3.05) is 7.11 Å². The van der Waals surface area contributed by atoms with E-state index in [9.17, 15) is 4.79 Å². The first-order valence-electron chi connectivity index (χ1n) is 6.96. The molecule has 2 aromatic heterocycles. The normalized spacial score (nSPS) is 11.0. The molecule has 1 N–H and O–H groups in total. The molecule has 2 heterocycles. The molecule has 6 heteroatoms. The number of fused-ring (bicyclic) bond motifs is 1. The molecule has 0 aliphatic heterocycles. The monoisotopic (exact) mass is 324 g/mol. The second-order valence-corrected chi connectivity index (χ2v) is 5.85. The van der Waals surface area contributed by atoms with E-state index < -0.39 is 5.76 Å². The van der Waals surface area contributed by atoms with Crippen molar-refractivity contribution >= 4 is 22.4 Å². The van der Waals surface area contributed by atoms with E-state index >= 15 is 0 Å². The molecule has 0 saturated carbocycles. The number of aromatic nitrogens is 2. The minimum absolute atomic E-state index is 0.451. The highest BCUT2D eigenvalue weighted by Gasteiger charge is 2.09. The second-order valence-electron chi connectivity index (χ2n) is 5.00. The van der Waals surface area contributed by atoms with Crippen molar-refractivity contribution in [2.24, 2.45) is 0 Å². The van der Waals surface area contributed by atoms with Gasteiger partial charge in [-0.05, 0) is 24.3 Å². The zero-order chi connectivity index (χ0) is 15.8. The zero-order valence-corrected chi connectivity index (χ0v) is 13.0. The van der Waals surface area contributed by atoms with E-state index in [1.54, 1.807) is 18.4 Å². The van der Waals surface area contributed by atoms with E-state index in [1.165, 1.54) is 0 Å². The van der Waals surface area contributed by atoms with Crippen LogP contribution in [0.25, 0.3) is 32.9 Å². The zero-order valence-electron chi connectivity index (χ0n) is 12.2. The van der Waals surface area contributed by atoms with Gasteiger partial charge >= 0.3 is 5.76 Å². The molecule has 0 amide bonds. The van der Waals surface area contributed by atoms with Gasteiger partial charge in [-0.25, -0.2) is 9.78 Å². The summed E-state index contributed by atoms with van der Waals surface area (Å²) >= 11 is 1.56. The lowest BCUT2D eigenvalue weighted by atomic mass is 10.1. The van der Waals surface area contributed by atoms with E-state index in [1.807, 2.05) is 47.8 Å². The Hall–Kier alpha value is -2.86. The van der Waals surface area contributed by atoms with Crippen LogP contribution in [0, 0.1) is 0 Å². The number of benzene rings is 2. The number of thiazole rings is 1. The highest BCUT2D eigenvalue weighted by atomic mass is 32.1. The third kappa shape index (κ3) is 2.53. The number of H-pyrrole nitrogens is 1. The maximum absolute atomic E-state index is 11.2. The van der Waals surface area contributed by atoms with Gasteiger partial charge in [0.05, 0.1) is 18.3 Å². The van der Waals surface area contributed by atoms with Gasteiger partial charge in [0.2, 0.25) is 0 Å². The molecule has 4 aromatic rings. The van der Waals surface area contributed by atoms with Crippen molar-refractivity contribution in [3.63, 3.8) is 0 Å². The van der Waals surface area contributed by atoms with Crippen molar-refractivity contribution < 1.29 is 9.15 Å². The minimum atomic E-state index is -0.451. The summed E-state index contributed by atoms with van der Waals surface area (Å²) in [5.74, 6) is 0.349. The van der Waals surface area contributed by atoms with Crippen molar-refractivity contribution in [1.29, 1.82) is 0 Å². The number of ether oxygens (including phenoxy) is 1. The summed E-state index contributed by atoms with van der Waals surface area (Å²) in [4.78, 5) is 18.5. The van der Waals surface area contributed by atoms with Crippen molar-refractivity contribution in [3.05, 3.63) is 58.4 Å². The first-order valence-corrected chi connectivity index (χ1v) is 7.84. The van der Waals surface area contributed by atoms with Crippen molar-refractivity contribution in [2.45, 2.75) is 0 Å². The molecule has 0 aliphatic carbocycles. The topological polar surface area (TPSA) is 68.1 Å². The molecule has 2 aromatic carbocycles. The van der Waals surface area contributed by atoms with Crippen LogP contribution in [-0.2, 0) is 0 Å². The Bertz CT molecular complexity index is 1050. The summed E-state index contributed by atoms with van der Waals surface area (Å²) < 4.78 is 10.3. The number of nitrogens with zero attached hydrogens (tertiary/aromatic N) is 1. The highest BCUT2D eigenvalue weighted by molar-refractivity contribution is 7.13. The molecule has 114 valence electrons. The fourth-order valence-corrected chi connectivity index (χ4v) is 3.23. The van der Waals surface area contributed by atoms with E-state index in [0.29, 0.717) is 11.1 Å². The molecule has 0 radical (unpaired) electrons. The molecule has 0 aliphatic rings. The number of oxazole rings is 1. The molecule has 0 bridgehead atoms.